The van der Waals surface area contributed by atoms with Gasteiger partial charge in [0.05, 0.1) is 0 Å². The molecule has 64 valence electrons. The molecule has 0 aliphatic heterocycles. The molecule has 0 heterocycles. The van der Waals surface area contributed by atoms with Crippen LogP contribution in [0.25, 0.3) is 0 Å². The quantitative estimate of drug-likeness (QED) is 0.393. The van der Waals surface area contributed by atoms with E-state index in [0.717, 1.165) is 0 Å². The van der Waals surface area contributed by atoms with Gasteiger partial charge in [0, 0.05) is 0 Å². The van der Waals surface area contributed by atoms with Gasteiger partial charge < -0.3 is 41.0 Å². The Kier molecular flexibility index (Phi) is 91.0. The first-order valence-corrected chi connectivity index (χ1v) is 1.26. The summed E-state index contributed by atoms with van der Waals surface area (Å²) in [5.41, 5.74) is 0. The van der Waals surface area contributed by atoms with Gasteiger partial charge in [-0.3, -0.25) is 0 Å². The van der Waals surface area contributed by atoms with Crippen LogP contribution in [0.1, 0.15) is 0 Å². The van der Waals surface area contributed by atoms with Crippen LogP contribution in [0, 0.1) is 0 Å². The minimum absolute atomic E-state index is 0. The van der Waals surface area contributed by atoms with Gasteiger partial charge in [0.2, 0.25) is 12.3 Å². The maximum absolute atomic E-state index is 8.44. The molecule has 0 aromatic carbocycles. The van der Waals surface area contributed by atoms with E-state index in [9.17, 15) is 0 Å². The third-order valence-corrected chi connectivity index (χ3v) is 0. The summed E-state index contributed by atoms with van der Waals surface area (Å²) in [6.45, 7) is 0. The Morgan fingerprint density at radius 1 is 0.833 bits per heavy atom. The molecular weight excluding hydrogens is 230 g/mol. The number of carboxylic acid groups (broad SMARTS) is 4. The summed E-state index contributed by atoms with van der Waals surface area (Å²) in [6.07, 6.45) is -4.17. The zero-order valence-corrected chi connectivity index (χ0v) is 12.8. The van der Waals surface area contributed by atoms with Crippen molar-refractivity contribution in [2.75, 3.05) is 0 Å². The Morgan fingerprint density at radius 3 is 0.833 bits per heavy atom. The van der Waals surface area contributed by atoms with E-state index in [1.807, 2.05) is 0 Å². The Morgan fingerprint density at radius 2 is 0.833 bits per heavy atom. The molecule has 12 heavy (non-hydrogen) atoms. The van der Waals surface area contributed by atoms with Crippen LogP contribution in [0.5, 0.6) is 0 Å². The molecule has 0 aromatic heterocycles. The first-order chi connectivity index (χ1) is 3.46. The fourth-order valence-corrected chi connectivity index (χ4v) is 0. The molecule has 0 spiro atoms. The molecule has 0 amide bonds. The molecule has 0 unspecified atom stereocenters. The van der Waals surface area contributed by atoms with Crippen LogP contribution in [0.15, 0.2) is 0 Å². The van der Waals surface area contributed by atoms with Crippen LogP contribution in [0.4, 0.5) is 9.59 Å². The Balaban J connectivity index is -0.0000000112. The van der Waals surface area contributed by atoms with Crippen molar-refractivity contribution in [2.24, 2.45) is 0 Å². The maximum atomic E-state index is 8.44. The van der Waals surface area contributed by atoms with Crippen molar-refractivity contribution in [3.63, 3.8) is 0 Å². The first-order valence-electron chi connectivity index (χ1n) is 1.26. The second-order valence-electron chi connectivity index (χ2n) is 0.532. The molecule has 0 atom stereocenters. The van der Waals surface area contributed by atoms with Crippen molar-refractivity contribution in [2.45, 2.75) is 0 Å². The molecular formula is C2H6K2O8. The normalized spacial score (nSPS) is 4.00. The first kappa shape index (κ1) is 37.2. The van der Waals surface area contributed by atoms with E-state index in [2.05, 4.69) is 0 Å². The maximum Gasteiger partial charge on any atom is 1.00 e. The predicted molar refractivity (Wildman–Crippen MR) is 23.3 cm³/mol. The number of carbonyl (C=O) groups is 2. The Hall–Kier alpha value is 1.73. The van der Waals surface area contributed by atoms with Crippen molar-refractivity contribution >= 4 is 12.3 Å². The second kappa shape index (κ2) is 29.3. The van der Waals surface area contributed by atoms with Gasteiger partial charge >= 0.3 is 103 Å². The third-order valence-electron chi connectivity index (χ3n) is 0. The standard InChI is InChI=1S/2CH2O3.2K.2H2O/c2*2-1(3)4;;;;/h2*(H2,2,3,4);;;2*1H2/q;;2*+1;;/p-2. The molecule has 0 aliphatic carbocycles. The summed E-state index contributed by atoms with van der Waals surface area (Å²) in [5.74, 6) is 0. The summed E-state index contributed by atoms with van der Waals surface area (Å²) in [5, 5.41) is 30.6. The summed E-state index contributed by atoms with van der Waals surface area (Å²) < 4.78 is 0. The largest absolute Gasteiger partial charge is 1.00 e. The summed E-state index contributed by atoms with van der Waals surface area (Å²) >= 11 is 0. The van der Waals surface area contributed by atoms with Gasteiger partial charge in [0.15, 0.2) is 0 Å². The minimum atomic E-state index is -2.08. The number of rotatable bonds is 0. The van der Waals surface area contributed by atoms with Gasteiger partial charge in [-0.2, -0.15) is 0 Å². The topological polar surface area (TPSA) is 184 Å². The number of hydrogen-bond acceptors (Lipinski definition) is 4. The van der Waals surface area contributed by atoms with E-state index in [0.29, 0.717) is 0 Å². The predicted octanol–water partition coefficient (Wildman–Crippen LogP) is -9.87. The van der Waals surface area contributed by atoms with Gasteiger partial charge in [-0.1, -0.05) is 0 Å². The van der Waals surface area contributed by atoms with Crippen molar-refractivity contribution in [1.82, 2.24) is 0 Å². The molecule has 0 saturated heterocycles. The van der Waals surface area contributed by atoms with E-state index >= 15 is 0 Å². The van der Waals surface area contributed by atoms with E-state index in [1.54, 1.807) is 0 Å². The Labute approximate surface area is 152 Å². The van der Waals surface area contributed by atoms with E-state index in [1.165, 1.54) is 0 Å². The fourth-order valence-electron chi connectivity index (χ4n) is 0. The van der Waals surface area contributed by atoms with Crippen molar-refractivity contribution < 1.29 is 144 Å². The van der Waals surface area contributed by atoms with Gasteiger partial charge in [-0.25, -0.2) is 0 Å². The van der Waals surface area contributed by atoms with Gasteiger partial charge in [0.25, 0.3) is 0 Å². The fraction of sp³-hybridized carbons (Fsp3) is 0. The van der Waals surface area contributed by atoms with E-state index < -0.39 is 12.3 Å². The summed E-state index contributed by atoms with van der Waals surface area (Å²) in [6, 6.07) is 0. The molecule has 0 aromatic rings. The van der Waals surface area contributed by atoms with Gasteiger partial charge in [0.1, 0.15) is 0 Å². The van der Waals surface area contributed by atoms with Crippen LogP contribution in [0.2, 0.25) is 0 Å². The minimum Gasteiger partial charge on any atom is -0.565 e. The third kappa shape index (κ3) is 450. The van der Waals surface area contributed by atoms with Gasteiger partial charge in [-0.05, 0) is 0 Å². The molecule has 0 radical (unpaired) electrons. The molecule has 0 rings (SSSR count). The van der Waals surface area contributed by atoms with E-state index in [-0.39, 0.29) is 114 Å². The van der Waals surface area contributed by atoms with Crippen LogP contribution in [-0.4, -0.2) is 33.5 Å². The van der Waals surface area contributed by atoms with Crippen molar-refractivity contribution in [3.05, 3.63) is 0 Å². The summed E-state index contributed by atoms with van der Waals surface area (Å²) in [4.78, 5) is 16.9. The van der Waals surface area contributed by atoms with Crippen molar-refractivity contribution in [3.8, 4) is 0 Å². The number of hydrogen-bond donors (Lipinski definition) is 2. The molecule has 6 N–H and O–H groups in total. The molecule has 0 bridgehead atoms. The zero-order chi connectivity index (χ0) is 7.15. The molecule has 0 aliphatic rings. The van der Waals surface area contributed by atoms with Crippen LogP contribution in [-0.2, 0) is 0 Å². The molecule has 10 heteroatoms. The van der Waals surface area contributed by atoms with Crippen molar-refractivity contribution in [1.29, 1.82) is 0 Å². The van der Waals surface area contributed by atoms with Crippen LogP contribution >= 0.6 is 0 Å². The second-order valence-corrected chi connectivity index (χ2v) is 0.532. The SMILES string of the molecule is O.O.O=C([O-])O.O=C([O-])O.[K+].[K+]. The summed E-state index contributed by atoms with van der Waals surface area (Å²) in [7, 11) is 0. The molecule has 8 nitrogen and oxygen atoms in total. The van der Waals surface area contributed by atoms with Gasteiger partial charge in [-0.15, -0.1) is 0 Å². The zero-order valence-electron chi connectivity index (χ0n) is 6.53. The molecule has 0 saturated carbocycles. The van der Waals surface area contributed by atoms with Crippen LogP contribution in [0.3, 0.4) is 0 Å². The monoisotopic (exact) mass is 236 g/mol. The average molecular weight is 236 g/mol. The van der Waals surface area contributed by atoms with E-state index in [4.69, 9.17) is 30.0 Å². The average Bonchev–Trinajstić information content (AvgIpc) is 1.25. The molecule has 0 fully saturated rings. The Bertz CT molecular complexity index is 73.1. The smallest absolute Gasteiger partial charge is 0.565 e. The van der Waals surface area contributed by atoms with Crippen LogP contribution < -0.4 is 113 Å².